The van der Waals surface area contributed by atoms with Gasteiger partial charge >= 0.3 is 0 Å². The normalized spacial score (nSPS) is 19.1. The van der Waals surface area contributed by atoms with E-state index in [9.17, 15) is 4.79 Å². The number of carbonyl (C=O) groups is 1. The van der Waals surface area contributed by atoms with Crippen LogP contribution in [0.2, 0.25) is 0 Å². The number of aromatic nitrogens is 2. The summed E-state index contributed by atoms with van der Waals surface area (Å²) in [6.45, 7) is 1.55. The van der Waals surface area contributed by atoms with Gasteiger partial charge < -0.3 is 9.47 Å². The Balaban J connectivity index is 1.54. The molecule has 5 rings (SSSR count). The van der Waals surface area contributed by atoms with E-state index in [1.54, 1.807) is 11.3 Å². The van der Waals surface area contributed by atoms with Crippen molar-refractivity contribution in [1.29, 1.82) is 0 Å². The van der Waals surface area contributed by atoms with E-state index in [1.165, 1.54) is 23.3 Å². The Morgan fingerprint density at radius 2 is 2.04 bits per heavy atom. The Kier molecular flexibility index (Phi) is 3.89. The fraction of sp³-hybridized carbons (Fsp3) is 0.333. The Labute approximate surface area is 157 Å². The van der Waals surface area contributed by atoms with Crippen LogP contribution >= 0.6 is 11.3 Å². The molecular weight excluding hydrogens is 342 g/mol. The van der Waals surface area contributed by atoms with Crippen molar-refractivity contribution in [1.82, 2.24) is 14.5 Å². The van der Waals surface area contributed by atoms with Gasteiger partial charge in [-0.05, 0) is 61.6 Å². The molecule has 26 heavy (non-hydrogen) atoms. The minimum Gasteiger partial charge on any atom is -0.347 e. The van der Waals surface area contributed by atoms with Gasteiger partial charge in [-0.1, -0.05) is 6.07 Å². The van der Waals surface area contributed by atoms with Crippen molar-refractivity contribution in [2.45, 2.75) is 38.3 Å². The van der Waals surface area contributed by atoms with E-state index in [1.807, 2.05) is 29.3 Å². The molecule has 5 heteroatoms. The monoisotopic (exact) mass is 363 g/mol. The summed E-state index contributed by atoms with van der Waals surface area (Å²) in [6, 6.07) is 12.1. The molecule has 1 amide bonds. The first-order chi connectivity index (χ1) is 12.8. The van der Waals surface area contributed by atoms with Gasteiger partial charge in [0.15, 0.2) is 0 Å². The maximum absolute atomic E-state index is 13.4. The molecule has 0 unspecified atom stereocenters. The van der Waals surface area contributed by atoms with Gasteiger partial charge in [0, 0.05) is 36.1 Å². The number of carbonyl (C=O) groups excluding carboxylic acids is 1. The van der Waals surface area contributed by atoms with E-state index < -0.39 is 0 Å². The zero-order valence-electron chi connectivity index (χ0n) is 14.6. The predicted molar refractivity (Wildman–Crippen MR) is 103 cm³/mol. The van der Waals surface area contributed by atoms with Gasteiger partial charge in [-0.3, -0.25) is 9.78 Å². The number of aryl methyl sites for hydroxylation is 2. The second-order valence-electron chi connectivity index (χ2n) is 7.05. The molecule has 3 aromatic rings. The summed E-state index contributed by atoms with van der Waals surface area (Å²) in [5, 5.41) is 0. The molecular formula is C21H21N3OS. The van der Waals surface area contributed by atoms with Crippen molar-refractivity contribution in [2.24, 2.45) is 0 Å². The zero-order valence-corrected chi connectivity index (χ0v) is 15.4. The van der Waals surface area contributed by atoms with E-state index in [4.69, 9.17) is 0 Å². The van der Waals surface area contributed by atoms with Gasteiger partial charge in [0.05, 0.1) is 10.6 Å². The molecule has 4 nitrogen and oxygen atoms in total. The molecule has 1 atom stereocenters. The van der Waals surface area contributed by atoms with Gasteiger partial charge in [0.2, 0.25) is 0 Å². The highest BCUT2D eigenvalue weighted by molar-refractivity contribution is 7.14. The molecule has 1 aliphatic carbocycles. The van der Waals surface area contributed by atoms with E-state index in [0.29, 0.717) is 6.54 Å². The highest BCUT2D eigenvalue weighted by Gasteiger charge is 2.34. The van der Waals surface area contributed by atoms with Crippen molar-refractivity contribution >= 4 is 17.2 Å². The standard InChI is InChI=1S/C21H21N3OS/c25-21(19-14-15-6-1-2-9-18(15)26-19)24-13-12-23-11-5-8-17(23)20(24)16-7-3-4-10-22-16/h3-5,7-8,10-11,14,20H,1-2,6,9,12-13H2/t20-/m1/s1. The lowest BCUT2D eigenvalue weighted by atomic mass is 9.99. The molecule has 0 saturated heterocycles. The van der Waals surface area contributed by atoms with Gasteiger partial charge in [-0.2, -0.15) is 0 Å². The summed E-state index contributed by atoms with van der Waals surface area (Å²) < 4.78 is 2.24. The first-order valence-electron chi connectivity index (χ1n) is 9.30. The van der Waals surface area contributed by atoms with Gasteiger partial charge in [-0.25, -0.2) is 0 Å². The highest BCUT2D eigenvalue weighted by atomic mass is 32.1. The lowest BCUT2D eigenvalue weighted by molar-refractivity contribution is 0.0665. The minimum absolute atomic E-state index is 0.119. The Morgan fingerprint density at radius 1 is 1.12 bits per heavy atom. The molecule has 132 valence electrons. The van der Waals surface area contributed by atoms with E-state index >= 15 is 0 Å². The van der Waals surface area contributed by atoms with Crippen LogP contribution in [0.15, 0.2) is 48.8 Å². The lowest BCUT2D eigenvalue weighted by Gasteiger charge is -2.36. The summed E-state index contributed by atoms with van der Waals surface area (Å²) in [4.78, 5) is 22.3. The van der Waals surface area contributed by atoms with Crippen LogP contribution < -0.4 is 0 Å². The molecule has 1 aliphatic heterocycles. The summed E-state index contributed by atoms with van der Waals surface area (Å²) >= 11 is 1.70. The molecule has 0 spiro atoms. The van der Waals surface area contributed by atoms with Gasteiger partial charge in [0.25, 0.3) is 5.91 Å². The number of hydrogen-bond donors (Lipinski definition) is 0. The first kappa shape index (κ1) is 15.8. The highest BCUT2D eigenvalue weighted by Crippen LogP contribution is 2.35. The van der Waals surface area contributed by atoms with Crippen LogP contribution in [0.25, 0.3) is 0 Å². The number of thiophene rings is 1. The van der Waals surface area contributed by atoms with Crippen LogP contribution in [0.1, 0.15) is 50.4 Å². The minimum atomic E-state index is -0.119. The van der Waals surface area contributed by atoms with Crippen LogP contribution in [-0.4, -0.2) is 26.9 Å². The van der Waals surface area contributed by atoms with Crippen LogP contribution in [0.5, 0.6) is 0 Å². The molecule has 0 N–H and O–H groups in total. The third-order valence-corrected chi connectivity index (χ3v) is 6.70. The Morgan fingerprint density at radius 3 is 2.88 bits per heavy atom. The average molecular weight is 363 g/mol. The molecule has 0 saturated carbocycles. The number of hydrogen-bond acceptors (Lipinski definition) is 3. The van der Waals surface area contributed by atoms with Gasteiger partial charge in [0.1, 0.15) is 6.04 Å². The molecule has 0 bridgehead atoms. The van der Waals surface area contributed by atoms with Crippen LogP contribution in [0.4, 0.5) is 0 Å². The van der Waals surface area contributed by atoms with E-state index in [0.717, 1.165) is 35.7 Å². The molecule has 0 radical (unpaired) electrons. The quantitative estimate of drug-likeness (QED) is 0.688. The van der Waals surface area contributed by atoms with Crippen molar-refractivity contribution in [3.63, 3.8) is 0 Å². The van der Waals surface area contributed by atoms with Crippen molar-refractivity contribution in [3.05, 3.63) is 75.5 Å². The fourth-order valence-electron chi connectivity index (χ4n) is 4.19. The van der Waals surface area contributed by atoms with Crippen LogP contribution in [0.3, 0.4) is 0 Å². The number of pyridine rings is 1. The SMILES string of the molecule is O=C(c1cc2c(s1)CCCC2)N1CCn2cccc2[C@H]1c1ccccn1. The fourth-order valence-corrected chi connectivity index (χ4v) is 5.40. The van der Waals surface area contributed by atoms with Crippen molar-refractivity contribution in [3.8, 4) is 0 Å². The summed E-state index contributed by atoms with van der Waals surface area (Å²) in [6.07, 6.45) is 8.63. The largest absolute Gasteiger partial charge is 0.347 e. The number of nitrogens with zero attached hydrogens (tertiary/aromatic N) is 3. The second-order valence-corrected chi connectivity index (χ2v) is 8.19. The maximum Gasteiger partial charge on any atom is 0.264 e. The van der Waals surface area contributed by atoms with Gasteiger partial charge in [-0.15, -0.1) is 11.3 Å². The smallest absolute Gasteiger partial charge is 0.264 e. The van der Waals surface area contributed by atoms with E-state index in [-0.39, 0.29) is 11.9 Å². The predicted octanol–water partition coefficient (Wildman–Crippen LogP) is 4.07. The first-order valence-corrected chi connectivity index (χ1v) is 10.1. The van der Waals surface area contributed by atoms with Crippen molar-refractivity contribution < 1.29 is 4.79 Å². The maximum atomic E-state index is 13.4. The number of rotatable bonds is 2. The summed E-state index contributed by atoms with van der Waals surface area (Å²) in [7, 11) is 0. The Hall–Kier alpha value is -2.40. The van der Waals surface area contributed by atoms with Crippen LogP contribution in [0, 0.1) is 0 Å². The third-order valence-electron chi connectivity index (χ3n) is 5.47. The van der Waals surface area contributed by atoms with Crippen LogP contribution in [-0.2, 0) is 19.4 Å². The molecule has 0 fully saturated rings. The van der Waals surface area contributed by atoms with E-state index in [2.05, 4.69) is 33.9 Å². The average Bonchev–Trinajstić information content (AvgIpc) is 3.33. The third kappa shape index (κ3) is 2.58. The number of amides is 1. The molecule has 3 aromatic heterocycles. The van der Waals surface area contributed by atoms with Crippen molar-refractivity contribution in [2.75, 3.05) is 6.54 Å². The molecule has 2 aliphatic rings. The zero-order chi connectivity index (χ0) is 17.5. The topological polar surface area (TPSA) is 38.1 Å². The molecule has 4 heterocycles. The summed E-state index contributed by atoms with van der Waals surface area (Å²) in [5.41, 5.74) is 3.46. The second kappa shape index (κ2) is 6.40. The number of fused-ring (bicyclic) bond motifs is 2. The Bertz CT molecular complexity index is 920. The summed E-state index contributed by atoms with van der Waals surface area (Å²) in [5.74, 6) is 0.146. The lowest BCUT2D eigenvalue weighted by Crippen LogP contribution is -2.42. The molecule has 0 aromatic carbocycles.